The van der Waals surface area contributed by atoms with Gasteiger partial charge in [0.25, 0.3) is 11.6 Å². The van der Waals surface area contributed by atoms with E-state index in [2.05, 4.69) is 21.9 Å². The summed E-state index contributed by atoms with van der Waals surface area (Å²) in [6.07, 6.45) is 0.560. The third kappa shape index (κ3) is 6.69. The summed E-state index contributed by atoms with van der Waals surface area (Å²) in [4.78, 5) is 29.5. The molecule has 1 amide bonds. The lowest BCUT2D eigenvalue weighted by atomic mass is 9.94. The number of carbonyl (C=O) groups excluding carboxylic acids is 1. The van der Waals surface area contributed by atoms with Crippen LogP contribution in [-0.2, 0) is 22.5 Å². The number of hydrogen-bond acceptors (Lipinski definition) is 9. The fraction of sp³-hybridized carbons (Fsp3) is 0.375. The first-order valence-electron chi connectivity index (χ1n) is 14.6. The Morgan fingerprint density at radius 3 is 2.49 bits per heavy atom. The highest BCUT2D eigenvalue weighted by Gasteiger charge is 2.31. The first kappa shape index (κ1) is 28.8. The predicted molar refractivity (Wildman–Crippen MR) is 160 cm³/mol. The zero-order valence-electron chi connectivity index (χ0n) is 24.2. The van der Waals surface area contributed by atoms with E-state index in [1.165, 1.54) is 12.1 Å². The van der Waals surface area contributed by atoms with E-state index in [4.69, 9.17) is 19.3 Å². The highest BCUT2D eigenvalue weighted by Crippen LogP contribution is 2.37. The van der Waals surface area contributed by atoms with Crippen molar-refractivity contribution in [3.05, 3.63) is 99.1 Å². The van der Waals surface area contributed by atoms with Gasteiger partial charge >= 0.3 is 0 Å². The van der Waals surface area contributed by atoms with E-state index in [0.29, 0.717) is 35.7 Å². The quantitative estimate of drug-likeness (QED) is 0.276. The second-order valence-corrected chi connectivity index (χ2v) is 11.1. The Bertz CT molecular complexity index is 1490. The number of hydrazone groups is 1. The Kier molecular flexibility index (Phi) is 8.64. The van der Waals surface area contributed by atoms with Crippen LogP contribution in [0.25, 0.3) is 0 Å². The van der Waals surface area contributed by atoms with Crippen LogP contribution in [0.15, 0.2) is 71.8 Å². The number of amides is 1. The third-order valence-electron chi connectivity index (χ3n) is 8.05. The summed E-state index contributed by atoms with van der Waals surface area (Å²) < 4.78 is 16.8. The molecule has 3 aromatic carbocycles. The van der Waals surface area contributed by atoms with Crippen molar-refractivity contribution in [2.24, 2.45) is 5.10 Å². The lowest BCUT2D eigenvalue weighted by molar-refractivity contribution is -0.384. The number of morpholine rings is 1. The molecule has 0 N–H and O–H groups in total. The molecule has 3 aliphatic rings. The summed E-state index contributed by atoms with van der Waals surface area (Å²) in [5.41, 5.74) is 4.14. The Morgan fingerprint density at radius 2 is 1.77 bits per heavy atom. The van der Waals surface area contributed by atoms with Crippen molar-refractivity contribution in [3.8, 4) is 11.5 Å². The number of nitro benzene ring substituents is 1. The molecule has 0 aliphatic carbocycles. The van der Waals surface area contributed by atoms with Gasteiger partial charge in [0.2, 0.25) is 6.79 Å². The molecule has 1 fully saturated rings. The molecule has 1 unspecified atom stereocenters. The van der Waals surface area contributed by atoms with Crippen LogP contribution in [0.5, 0.6) is 11.5 Å². The maximum Gasteiger partial charge on any atom is 0.269 e. The lowest BCUT2D eigenvalue weighted by Crippen LogP contribution is -2.45. The van der Waals surface area contributed by atoms with E-state index in [-0.39, 0.29) is 31.0 Å². The highest BCUT2D eigenvalue weighted by atomic mass is 16.7. The normalized spacial score (nSPS) is 18.2. The maximum atomic E-state index is 14.1. The monoisotopic (exact) mass is 585 g/mol. The van der Waals surface area contributed by atoms with E-state index in [9.17, 15) is 14.9 Å². The summed E-state index contributed by atoms with van der Waals surface area (Å²) in [7, 11) is 0. The van der Waals surface area contributed by atoms with Crippen molar-refractivity contribution in [2.75, 3.05) is 52.7 Å². The minimum atomic E-state index is -0.430. The molecule has 1 saturated heterocycles. The zero-order valence-corrected chi connectivity index (χ0v) is 24.2. The van der Waals surface area contributed by atoms with Gasteiger partial charge in [-0.15, -0.1) is 0 Å². The summed E-state index contributed by atoms with van der Waals surface area (Å²) in [5, 5.41) is 17.9. The van der Waals surface area contributed by atoms with Gasteiger partial charge in [0, 0.05) is 56.0 Å². The van der Waals surface area contributed by atoms with Crippen molar-refractivity contribution < 1.29 is 23.9 Å². The second kappa shape index (κ2) is 12.9. The molecule has 224 valence electrons. The van der Waals surface area contributed by atoms with Gasteiger partial charge < -0.3 is 14.2 Å². The average Bonchev–Trinajstić information content (AvgIpc) is 3.43. The molecule has 0 bridgehead atoms. The second-order valence-electron chi connectivity index (χ2n) is 11.1. The standard InChI is InChI=1S/C32H35N5O6/c1-23-17-26-18-29-30(43-22-42-29)19-28(26)32(25-7-9-27(10-8-25)37(39)40)33-36(23)31(38)21-35(20-24-5-3-2-4-6-24)12-11-34-13-15-41-16-14-34/h2-10,18-19,23H,11-17,20-22H2,1H3. The number of carbonyl (C=O) groups is 1. The number of rotatable bonds is 9. The molecule has 0 saturated carbocycles. The third-order valence-corrected chi connectivity index (χ3v) is 8.05. The predicted octanol–water partition coefficient (Wildman–Crippen LogP) is 3.68. The Labute approximate surface area is 250 Å². The van der Waals surface area contributed by atoms with Crippen molar-refractivity contribution in [1.82, 2.24) is 14.8 Å². The van der Waals surface area contributed by atoms with Crippen LogP contribution in [0.2, 0.25) is 0 Å². The smallest absolute Gasteiger partial charge is 0.269 e. The van der Waals surface area contributed by atoms with Crippen LogP contribution >= 0.6 is 0 Å². The molecule has 0 aromatic heterocycles. The van der Waals surface area contributed by atoms with Gasteiger partial charge in [-0.1, -0.05) is 30.3 Å². The van der Waals surface area contributed by atoms with Crippen LogP contribution < -0.4 is 9.47 Å². The SMILES string of the molecule is CC1Cc2cc3c(cc2C(c2ccc([N+](=O)[O-])cc2)=NN1C(=O)CN(CCN1CCOCC1)Cc1ccccc1)OCO3. The van der Waals surface area contributed by atoms with Crippen molar-refractivity contribution in [3.63, 3.8) is 0 Å². The molecule has 1 atom stereocenters. The fourth-order valence-corrected chi connectivity index (χ4v) is 5.72. The molecule has 11 nitrogen and oxygen atoms in total. The topological polar surface area (TPSA) is 110 Å². The number of ether oxygens (including phenoxy) is 3. The van der Waals surface area contributed by atoms with Crippen molar-refractivity contribution in [1.29, 1.82) is 0 Å². The van der Waals surface area contributed by atoms with Crippen LogP contribution in [0.3, 0.4) is 0 Å². The molecule has 3 aromatic rings. The molecule has 0 spiro atoms. The van der Waals surface area contributed by atoms with Crippen molar-refractivity contribution in [2.45, 2.75) is 25.9 Å². The minimum absolute atomic E-state index is 0.0120. The number of benzene rings is 3. The van der Waals surface area contributed by atoms with E-state index >= 15 is 0 Å². The lowest BCUT2D eigenvalue weighted by Gasteiger charge is -2.31. The van der Waals surface area contributed by atoms with E-state index in [1.807, 2.05) is 37.3 Å². The van der Waals surface area contributed by atoms with Gasteiger partial charge in [-0.3, -0.25) is 24.7 Å². The Morgan fingerprint density at radius 1 is 1.05 bits per heavy atom. The van der Waals surface area contributed by atoms with Crippen LogP contribution in [0.1, 0.15) is 29.2 Å². The number of non-ortho nitro benzene ring substituents is 1. The van der Waals surface area contributed by atoms with Crippen molar-refractivity contribution >= 4 is 17.3 Å². The van der Waals surface area contributed by atoms with Crippen LogP contribution in [0.4, 0.5) is 5.69 Å². The highest BCUT2D eigenvalue weighted by molar-refractivity contribution is 6.14. The summed E-state index contributed by atoms with van der Waals surface area (Å²) in [6, 6.07) is 20.0. The number of hydrogen-bond donors (Lipinski definition) is 0. The fourth-order valence-electron chi connectivity index (χ4n) is 5.72. The van der Waals surface area contributed by atoms with Gasteiger partial charge in [0.15, 0.2) is 11.5 Å². The molecule has 3 aliphatic heterocycles. The van der Waals surface area contributed by atoms with Crippen LogP contribution in [0, 0.1) is 10.1 Å². The molecular weight excluding hydrogens is 550 g/mol. The maximum absolute atomic E-state index is 14.1. The summed E-state index contributed by atoms with van der Waals surface area (Å²) >= 11 is 0. The zero-order chi connectivity index (χ0) is 29.8. The number of nitrogens with zero attached hydrogens (tertiary/aromatic N) is 5. The summed E-state index contributed by atoms with van der Waals surface area (Å²) in [6.45, 7) is 7.75. The average molecular weight is 586 g/mol. The van der Waals surface area contributed by atoms with Crippen LogP contribution in [-0.4, -0.2) is 90.1 Å². The van der Waals surface area contributed by atoms with E-state index in [1.54, 1.807) is 17.1 Å². The molecule has 3 heterocycles. The van der Waals surface area contributed by atoms with Gasteiger partial charge in [-0.05, 0) is 48.7 Å². The Hall–Kier alpha value is -4.32. The molecule has 6 rings (SSSR count). The van der Waals surface area contributed by atoms with Gasteiger partial charge in [-0.2, -0.15) is 5.10 Å². The van der Waals surface area contributed by atoms with Gasteiger partial charge in [0.1, 0.15) is 0 Å². The molecule has 43 heavy (non-hydrogen) atoms. The molecule has 0 radical (unpaired) electrons. The Balaban J connectivity index is 1.30. The minimum Gasteiger partial charge on any atom is -0.454 e. The van der Waals surface area contributed by atoms with Gasteiger partial charge in [0.05, 0.1) is 36.4 Å². The molecule has 11 heteroatoms. The van der Waals surface area contributed by atoms with Gasteiger partial charge in [-0.25, -0.2) is 5.01 Å². The largest absolute Gasteiger partial charge is 0.454 e. The van der Waals surface area contributed by atoms with E-state index in [0.717, 1.165) is 56.1 Å². The van der Waals surface area contributed by atoms with E-state index < -0.39 is 4.92 Å². The number of nitro groups is 1. The molecular formula is C32H35N5O6. The summed E-state index contributed by atoms with van der Waals surface area (Å²) in [5.74, 6) is 1.15. The first-order valence-corrected chi connectivity index (χ1v) is 14.6. The first-order chi connectivity index (χ1) is 20.9. The number of fused-ring (bicyclic) bond motifs is 2.